The summed E-state index contributed by atoms with van der Waals surface area (Å²) in [4.78, 5) is 29.2. The summed E-state index contributed by atoms with van der Waals surface area (Å²) in [6, 6.07) is 7.69. The molecule has 3 aromatic rings. The predicted octanol–water partition coefficient (Wildman–Crippen LogP) is 4.46. The van der Waals surface area contributed by atoms with E-state index in [1.54, 1.807) is 0 Å². The predicted molar refractivity (Wildman–Crippen MR) is 151 cm³/mol. The fourth-order valence-electron chi connectivity index (χ4n) is 8.53. The van der Waals surface area contributed by atoms with Crippen LogP contribution in [0.3, 0.4) is 0 Å². The largest absolute Gasteiger partial charge is 0.395 e. The number of aliphatic hydroxyl groups excluding tert-OH is 1. The highest BCUT2D eigenvalue weighted by Gasteiger charge is 2.53. The van der Waals surface area contributed by atoms with Gasteiger partial charge in [-0.1, -0.05) is 29.8 Å². The lowest BCUT2D eigenvalue weighted by atomic mass is 9.53. The fraction of sp³-hybridized carbons (Fsp3) is 0.567. The molecule has 8 heteroatoms. The van der Waals surface area contributed by atoms with E-state index < -0.39 is 0 Å². The van der Waals surface area contributed by atoms with Gasteiger partial charge in [-0.15, -0.1) is 0 Å². The van der Waals surface area contributed by atoms with E-state index in [9.17, 15) is 9.90 Å². The second-order valence-electron chi connectivity index (χ2n) is 12.2. The van der Waals surface area contributed by atoms with Crippen molar-refractivity contribution in [3.8, 4) is 11.1 Å². The number of anilines is 1. The van der Waals surface area contributed by atoms with Gasteiger partial charge in [-0.05, 0) is 74.8 Å². The van der Waals surface area contributed by atoms with Crippen LogP contribution in [0.1, 0.15) is 44.1 Å². The van der Waals surface area contributed by atoms with E-state index in [0.717, 1.165) is 67.6 Å². The van der Waals surface area contributed by atoms with E-state index in [0.29, 0.717) is 40.8 Å². The van der Waals surface area contributed by atoms with Crippen molar-refractivity contribution >= 4 is 28.6 Å². The van der Waals surface area contributed by atoms with Crippen LogP contribution < -0.4 is 10.5 Å². The molecule has 4 saturated carbocycles. The van der Waals surface area contributed by atoms with Gasteiger partial charge in [-0.3, -0.25) is 14.3 Å². The van der Waals surface area contributed by atoms with Crippen molar-refractivity contribution in [1.82, 2.24) is 19.4 Å². The summed E-state index contributed by atoms with van der Waals surface area (Å²) >= 11 is 6.68. The molecular formula is C30H36ClN5O2. The highest BCUT2D eigenvalue weighted by molar-refractivity contribution is 6.33. The lowest BCUT2D eigenvalue weighted by Crippen LogP contribution is -2.55. The Morgan fingerprint density at radius 3 is 2.32 bits per heavy atom. The summed E-state index contributed by atoms with van der Waals surface area (Å²) in [6.45, 7) is 6.25. The molecule has 0 amide bonds. The van der Waals surface area contributed by atoms with Crippen molar-refractivity contribution in [2.24, 2.45) is 17.8 Å². The summed E-state index contributed by atoms with van der Waals surface area (Å²) in [5.41, 5.74) is 3.03. The van der Waals surface area contributed by atoms with Crippen LogP contribution in [0.15, 0.2) is 35.3 Å². The summed E-state index contributed by atoms with van der Waals surface area (Å²) in [5, 5.41) is 10.9. The second-order valence-corrected chi connectivity index (χ2v) is 12.6. The number of rotatable bonds is 5. The molecule has 0 radical (unpaired) electrons. The van der Waals surface area contributed by atoms with Crippen molar-refractivity contribution in [3.05, 3.63) is 51.4 Å². The van der Waals surface area contributed by atoms with Crippen molar-refractivity contribution in [1.29, 1.82) is 0 Å². The molecule has 7 nitrogen and oxygen atoms in total. The molecule has 3 heterocycles. The van der Waals surface area contributed by atoms with Crippen LogP contribution in [-0.2, 0) is 5.54 Å². The minimum atomic E-state index is -0.181. The Morgan fingerprint density at radius 2 is 1.68 bits per heavy atom. The molecule has 8 rings (SSSR count). The fourth-order valence-corrected chi connectivity index (χ4v) is 8.76. The first kappa shape index (κ1) is 24.6. The summed E-state index contributed by atoms with van der Waals surface area (Å²) in [6.07, 6.45) is 9.08. The standard InChI is InChI=1S/C30H36ClN5O2/c1-19-24-18-32-29(35-8-6-34(7-9-35)10-11-37)33-27(24)36(28(38)26(19)23-4-2-3-5-25(23)31)30-15-20-12-21(16-30)14-22(13-20)17-30/h2-5,18,20-22,37H,6-17H2,1H3. The minimum absolute atomic E-state index is 0.0439. The Labute approximate surface area is 228 Å². The summed E-state index contributed by atoms with van der Waals surface area (Å²) in [5.74, 6) is 2.81. The van der Waals surface area contributed by atoms with Gasteiger partial charge in [0.25, 0.3) is 5.56 Å². The number of hydrogen-bond acceptors (Lipinski definition) is 6. The van der Waals surface area contributed by atoms with E-state index >= 15 is 0 Å². The molecule has 0 unspecified atom stereocenters. The molecule has 38 heavy (non-hydrogen) atoms. The van der Waals surface area contributed by atoms with Gasteiger partial charge in [-0.25, -0.2) is 4.98 Å². The van der Waals surface area contributed by atoms with Gasteiger partial charge >= 0.3 is 0 Å². The number of β-amino-alcohol motifs (C(OH)–C–C–N with tert-alkyl or cyclic N) is 1. The number of nitrogens with zero attached hydrogens (tertiary/aromatic N) is 5. The van der Waals surface area contributed by atoms with Crippen LogP contribution in [0.5, 0.6) is 0 Å². The third-order valence-electron chi connectivity index (χ3n) is 9.86. The number of benzene rings is 1. The molecule has 1 saturated heterocycles. The number of fused-ring (bicyclic) bond motifs is 1. The molecule has 0 atom stereocenters. The SMILES string of the molecule is Cc1c(-c2ccccc2Cl)c(=O)n(C23CC4CC(CC(C4)C2)C3)c2nc(N3CCN(CCO)CC3)ncc12. The number of hydrogen-bond donors (Lipinski definition) is 1. The van der Waals surface area contributed by atoms with Crippen molar-refractivity contribution < 1.29 is 5.11 Å². The first-order chi connectivity index (χ1) is 18.5. The van der Waals surface area contributed by atoms with Crippen LogP contribution >= 0.6 is 11.6 Å². The normalized spacial score (nSPS) is 28.9. The zero-order chi connectivity index (χ0) is 26.0. The first-order valence-corrected chi connectivity index (χ1v) is 14.6. The minimum Gasteiger partial charge on any atom is -0.395 e. The number of aryl methyl sites for hydroxylation is 1. The molecule has 5 fully saturated rings. The van der Waals surface area contributed by atoms with Gasteiger partial charge < -0.3 is 10.0 Å². The lowest BCUT2D eigenvalue weighted by Gasteiger charge is -2.57. The van der Waals surface area contributed by atoms with E-state index in [1.165, 1.54) is 19.3 Å². The smallest absolute Gasteiger partial charge is 0.260 e. The Morgan fingerprint density at radius 1 is 1.03 bits per heavy atom. The maximum absolute atomic E-state index is 14.7. The zero-order valence-corrected chi connectivity index (χ0v) is 22.8. The number of aliphatic hydroxyl groups is 1. The molecule has 2 aromatic heterocycles. The number of pyridine rings is 1. The first-order valence-electron chi connectivity index (χ1n) is 14.2. The molecule has 4 aliphatic carbocycles. The Bertz CT molecular complexity index is 1410. The van der Waals surface area contributed by atoms with Crippen LogP contribution in [0.2, 0.25) is 5.02 Å². The van der Waals surface area contributed by atoms with Crippen molar-refractivity contribution in [3.63, 3.8) is 0 Å². The highest BCUT2D eigenvalue weighted by atomic mass is 35.5. The lowest BCUT2D eigenvalue weighted by molar-refractivity contribution is -0.0426. The molecule has 200 valence electrons. The zero-order valence-electron chi connectivity index (χ0n) is 22.1. The summed E-state index contributed by atoms with van der Waals surface area (Å²) in [7, 11) is 0. The van der Waals surface area contributed by atoms with Gasteiger partial charge in [0, 0.05) is 54.9 Å². The number of aromatic nitrogens is 3. The van der Waals surface area contributed by atoms with Gasteiger partial charge in [0.05, 0.1) is 17.7 Å². The average Bonchev–Trinajstić information content (AvgIpc) is 2.89. The molecule has 5 aliphatic rings. The number of piperazine rings is 1. The monoisotopic (exact) mass is 533 g/mol. The van der Waals surface area contributed by atoms with Crippen molar-refractivity contribution in [2.45, 2.75) is 51.0 Å². The summed E-state index contributed by atoms with van der Waals surface area (Å²) < 4.78 is 2.12. The van der Waals surface area contributed by atoms with E-state index in [1.807, 2.05) is 37.4 Å². The molecule has 1 N–H and O–H groups in total. The molecule has 4 bridgehead atoms. The van der Waals surface area contributed by atoms with Gasteiger partial charge in [0.1, 0.15) is 5.65 Å². The van der Waals surface area contributed by atoms with E-state index in [4.69, 9.17) is 21.6 Å². The molecular weight excluding hydrogens is 498 g/mol. The third-order valence-corrected chi connectivity index (χ3v) is 10.2. The van der Waals surface area contributed by atoms with Gasteiger partial charge in [-0.2, -0.15) is 4.98 Å². The number of halogens is 1. The average molecular weight is 534 g/mol. The van der Waals surface area contributed by atoms with Gasteiger partial charge in [0.15, 0.2) is 0 Å². The van der Waals surface area contributed by atoms with Crippen molar-refractivity contribution in [2.75, 3.05) is 44.2 Å². The van der Waals surface area contributed by atoms with E-state index in [-0.39, 0.29) is 17.7 Å². The van der Waals surface area contributed by atoms with Crippen LogP contribution in [0, 0.1) is 24.7 Å². The Balaban J connectivity index is 1.42. The maximum atomic E-state index is 14.7. The Kier molecular flexibility index (Phi) is 6.02. The molecule has 1 aromatic carbocycles. The van der Waals surface area contributed by atoms with Crippen LogP contribution in [0.25, 0.3) is 22.2 Å². The molecule has 1 aliphatic heterocycles. The topological polar surface area (TPSA) is 74.5 Å². The maximum Gasteiger partial charge on any atom is 0.260 e. The Hall–Kier alpha value is -2.48. The second kappa shape index (κ2) is 9.32. The van der Waals surface area contributed by atoms with Crippen LogP contribution in [0.4, 0.5) is 5.95 Å². The highest BCUT2D eigenvalue weighted by Crippen LogP contribution is 2.59. The van der Waals surface area contributed by atoms with E-state index in [2.05, 4.69) is 14.4 Å². The third kappa shape index (κ3) is 3.89. The molecule has 0 spiro atoms. The van der Waals surface area contributed by atoms with Crippen LogP contribution in [-0.4, -0.2) is 63.9 Å². The van der Waals surface area contributed by atoms with Gasteiger partial charge in [0.2, 0.25) is 5.95 Å². The quantitative estimate of drug-likeness (QED) is 0.522.